The lowest BCUT2D eigenvalue weighted by Crippen LogP contribution is -2.34. The molecule has 17 heavy (non-hydrogen) atoms. The van der Waals surface area contributed by atoms with Crippen LogP contribution in [0.25, 0.3) is 0 Å². The van der Waals surface area contributed by atoms with Crippen LogP contribution >= 0.6 is 0 Å². The number of anilines is 1. The first-order chi connectivity index (χ1) is 7.96. The summed E-state index contributed by atoms with van der Waals surface area (Å²) < 4.78 is 37.1. The second kappa shape index (κ2) is 5.86. The predicted molar refractivity (Wildman–Crippen MR) is 60.9 cm³/mol. The fraction of sp³-hybridized carbons (Fsp3) is 0.545. The van der Waals surface area contributed by atoms with Gasteiger partial charge in [0.1, 0.15) is 6.54 Å². The fourth-order valence-corrected chi connectivity index (χ4v) is 1.54. The molecule has 0 saturated carbocycles. The maximum Gasteiger partial charge on any atom is 0.405 e. The standard InChI is InChI=1S/C11H16F3N3/c1-3-17(8-11(12,13)14)10-4-5-16-9(6-10)7-15-2/h4-6,15H,3,7-8H2,1-2H3. The van der Waals surface area contributed by atoms with Crippen molar-refractivity contribution in [3.05, 3.63) is 24.0 Å². The lowest BCUT2D eigenvalue weighted by Gasteiger charge is -2.24. The zero-order valence-corrected chi connectivity index (χ0v) is 9.88. The molecular weight excluding hydrogens is 231 g/mol. The third-order valence-electron chi connectivity index (χ3n) is 2.28. The molecule has 0 aromatic carbocycles. The summed E-state index contributed by atoms with van der Waals surface area (Å²) in [6.45, 7) is 1.61. The Morgan fingerprint density at radius 1 is 1.41 bits per heavy atom. The molecule has 3 nitrogen and oxygen atoms in total. The van der Waals surface area contributed by atoms with Crippen molar-refractivity contribution in [1.82, 2.24) is 10.3 Å². The summed E-state index contributed by atoms with van der Waals surface area (Å²) in [4.78, 5) is 5.35. The van der Waals surface area contributed by atoms with Crippen molar-refractivity contribution in [1.29, 1.82) is 0 Å². The minimum atomic E-state index is -4.19. The number of rotatable bonds is 5. The van der Waals surface area contributed by atoms with E-state index in [4.69, 9.17) is 0 Å². The van der Waals surface area contributed by atoms with Crippen molar-refractivity contribution in [2.75, 3.05) is 25.0 Å². The first-order valence-corrected chi connectivity index (χ1v) is 5.37. The van der Waals surface area contributed by atoms with Crippen molar-refractivity contribution in [3.8, 4) is 0 Å². The van der Waals surface area contributed by atoms with Crippen LogP contribution in [0.5, 0.6) is 0 Å². The van der Waals surface area contributed by atoms with Crippen LogP contribution in [-0.4, -0.2) is 31.3 Å². The van der Waals surface area contributed by atoms with E-state index in [-0.39, 0.29) is 0 Å². The van der Waals surface area contributed by atoms with Gasteiger partial charge in [-0.3, -0.25) is 4.98 Å². The molecule has 0 amide bonds. The zero-order chi connectivity index (χ0) is 12.9. The number of nitrogens with one attached hydrogen (secondary N) is 1. The summed E-state index contributed by atoms with van der Waals surface area (Å²) in [5.41, 5.74) is 1.27. The first kappa shape index (κ1) is 13.8. The van der Waals surface area contributed by atoms with Crippen molar-refractivity contribution in [2.45, 2.75) is 19.6 Å². The van der Waals surface area contributed by atoms with E-state index in [2.05, 4.69) is 10.3 Å². The molecule has 1 aromatic heterocycles. The van der Waals surface area contributed by atoms with Gasteiger partial charge in [-0.05, 0) is 26.1 Å². The van der Waals surface area contributed by atoms with Gasteiger partial charge in [-0.1, -0.05) is 0 Å². The van der Waals surface area contributed by atoms with Gasteiger partial charge in [0.15, 0.2) is 0 Å². The molecule has 0 aliphatic carbocycles. The maximum atomic E-state index is 12.4. The fourth-order valence-electron chi connectivity index (χ4n) is 1.54. The lowest BCUT2D eigenvalue weighted by molar-refractivity contribution is -0.119. The molecule has 0 aliphatic heterocycles. The molecule has 6 heteroatoms. The van der Waals surface area contributed by atoms with Gasteiger partial charge in [0, 0.05) is 25.0 Å². The normalized spacial score (nSPS) is 11.6. The van der Waals surface area contributed by atoms with Gasteiger partial charge in [0.05, 0.1) is 5.69 Å². The van der Waals surface area contributed by atoms with Gasteiger partial charge in [-0.2, -0.15) is 13.2 Å². The number of halogens is 3. The number of alkyl halides is 3. The van der Waals surface area contributed by atoms with E-state index >= 15 is 0 Å². The van der Waals surface area contributed by atoms with Crippen LogP contribution in [0, 0.1) is 0 Å². The average Bonchev–Trinajstić information content (AvgIpc) is 2.25. The number of hydrogen-bond acceptors (Lipinski definition) is 3. The molecular formula is C11H16F3N3. The SMILES string of the molecule is CCN(CC(F)(F)F)c1ccnc(CNC)c1. The monoisotopic (exact) mass is 247 g/mol. The lowest BCUT2D eigenvalue weighted by atomic mass is 10.2. The van der Waals surface area contributed by atoms with Crippen LogP contribution in [-0.2, 0) is 6.54 Å². The zero-order valence-electron chi connectivity index (χ0n) is 9.88. The van der Waals surface area contributed by atoms with Crippen LogP contribution in [0.2, 0.25) is 0 Å². The first-order valence-electron chi connectivity index (χ1n) is 5.37. The summed E-state index contributed by atoms with van der Waals surface area (Å²) >= 11 is 0. The van der Waals surface area contributed by atoms with E-state index < -0.39 is 12.7 Å². The highest BCUT2D eigenvalue weighted by atomic mass is 19.4. The van der Waals surface area contributed by atoms with E-state index in [0.717, 1.165) is 5.69 Å². The molecule has 96 valence electrons. The Hall–Kier alpha value is -1.30. The summed E-state index contributed by atoms with van der Waals surface area (Å²) in [5.74, 6) is 0. The highest BCUT2D eigenvalue weighted by molar-refractivity contribution is 5.46. The van der Waals surface area contributed by atoms with Crippen molar-refractivity contribution >= 4 is 5.69 Å². The van der Waals surface area contributed by atoms with Gasteiger partial charge in [0.25, 0.3) is 0 Å². The molecule has 1 rings (SSSR count). The number of pyridine rings is 1. The van der Waals surface area contributed by atoms with Gasteiger partial charge < -0.3 is 10.2 Å². The van der Waals surface area contributed by atoms with Crippen molar-refractivity contribution in [3.63, 3.8) is 0 Å². The Labute approximate surface area is 98.6 Å². The molecule has 0 bridgehead atoms. The Morgan fingerprint density at radius 2 is 2.12 bits per heavy atom. The van der Waals surface area contributed by atoms with Crippen LogP contribution in [0.3, 0.4) is 0 Å². The summed E-state index contributed by atoms with van der Waals surface area (Å²) in [6.07, 6.45) is -2.66. The smallest absolute Gasteiger partial charge is 0.363 e. The molecule has 0 radical (unpaired) electrons. The topological polar surface area (TPSA) is 28.2 Å². The van der Waals surface area contributed by atoms with Crippen LogP contribution in [0.15, 0.2) is 18.3 Å². The van der Waals surface area contributed by atoms with E-state index in [9.17, 15) is 13.2 Å². The minimum Gasteiger partial charge on any atom is -0.363 e. The Bertz CT molecular complexity index is 352. The summed E-state index contributed by atoms with van der Waals surface area (Å²) in [6, 6.07) is 3.26. The third kappa shape index (κ3) is 4.60. The van der Waals surface area contributed by atoms with Gasteiger partial charge >= 0.3 is 6.18 Å². The number of nitrogens with zero attached hydrogens (tertiary/aromatic N) is 2. The molecule has 1 aromatic rings. The number of aromatic nitrogens is 1. The second-order valence-corrected chi connectivity index (χ2v) is 3.67. The predicted octanol–water partition coefficient (Wildman–Crippen LogP) is 2.19. The van der Waals surface area contributed by atoms with Gasteiger partial charge in [-0.15, -0.1) is 0 Å². The Kier molecular flexibility index (Phi) is 4.74. The quantitative estimate of drug-likeness (QED) is 0.864. The van der Waals surface area contributed by atoms with Crippen molar-refractivity contribution in [2.24, 2.45) is 0 Å². The summed E-state index contributed by atoms with van der Waals surface area (Å²) in [5, 5.41) is 2.91. The minimum absolute atomic E-state index is 0.308. The third-order valence-corrected chi connectivity index (χ3v) is 2.28. The number of hydrogen-bond donors (Lipinski definition) is 1. The summed E-state index contributed by atoms with van der Waals surface area (Å²) in [7, 11) is 1.77. The Morgan fingerprint density at radius 3 is 2.65 bits per heavy atom. The molecule has 0 saturated heterocycles. The maximum absolute atomic E-state index is 12.4. The molecule has 1 N–H and O–H groups in total. The van der Waals surface area contributed by atoms with E-state index in [1.54, 1.807) is 26.1 Å². The van der Waals surface area contributed by atoms with E-state index in [1.165, 1.54) is 11.1 Å². The van der Waals surface area contributed by atoms with Gasteiger partial charge in [-0.25, -0.2) is 0 Å². The molecule has 0 unspecified atom stereocenters. The largest absolute Gasteiger partial charge is 0.405 e. The highest BCUT2D eigenvalue weighted by Crippen LogP contribution is 2.22. The highest BCUT2D eigenvalue weighted by Gasteiger charge is 2.30. The average molecular weight is 247 g/mol. The molecule has 0 spiro atoms. The van der Waals surface area contributed by atoms with Crippen LogP contribution in [0.4, 0.5) is 18.9 Å². The molecule has 0 aliphatic rings. The molecule has 0 fully saturated rings. The molecule has 1 heterocycles. The Balaban J connectivity index is 2.84. The van der Waals surface area contributed by atoms with Crippen molar-refractivity contribution < 1.29 is 13.2 Å². The van der Waals surface area contributed by atoms with Gasteiger partial charge in [0.2, 0.25) is 0 Å². The molecule has 0 atom stereocenters. The second-order valence-electron chi connectivity index (χ2n) is 3.67. The van der Waals surface area contributed by atoms with E-state index in [1.807, 2.05) is 0 Å². The van der Waals surface area contributed by atoms with E-state index in [0.29, 0.717) is 18.8 Å². The van der Waals surface area contributed by atoms with Crippen LogP contribution in [0.1, 0.15) is 12.6 Å². The van der Waals surface area contributed by atoms with Crippen LogP contribution < -0.4 is 10.2 Å².